The number of fused-ring (bicyclic) bond motifs is 1. The second kappa shape index (κ2) is 6.23. The third kappa shape index (κ3) is 3.41. The van der Waals surface area contributed by atoms with Gasteiger partial charge < -0.3 is 10.4 Å². The van der Waals surface area contributed by atoms with E-state index in [0.29, 0.717) is 11.3 Å². The summed E-state index contributed by atoms with van der Waals surface area (Å²) in [5.74, 6) is -0.786. The van der Waals surface area contributed by atoms with E-state index in [2.05, 4.69) is 10.4 Å². The van der Waals surface area contributed by atoms with Crippen LogP contribution in [-0.4, -0.2) is 31.2 Å². The van der Waals surface area contributed by atoms with Crippen LogP contribution in [0.15, 0.2) is 17.1 Å². The molecule has 2 aromatic heterocycles. The minimum absolute atomic E-state index is 0.200. The lowest BCUT2D eigenvalue weighted by Gasteiger charge is -2.15. The Kier molecular flexibility index (Phi) is 4.53. The van der Waals surface area contributed by atoms with Gasteiger partial charge in [0.05, 0.1) is 6.04 Å². The Morgan fingerprint density at radius 2 is 2.00 bits per heavy atom. The van der Waals surface area contributed by atoms with E-state index in [1.807, 2.05) is 13.8 Å². The number of carboxylic acid groups (broad SMARTS) is 1. The fourth-order valence-corrected chi connectivity index (χ4v) is 2.40. The van der Waals surface area contributed by atoms with Crippen molar-refractivity contribution in [3.05, 3.63) is 34.0 Å². The van der Waals surface area contributed by atoms with Gasteiger partial charge in [0, 0.05) is 13.1 Å². The first-order valence-electron chi connectivity index (χ1n) is 7.32. The standard InChI is InChI=1S/C15H20N4O4/c1-8(2)11-5-12-15(23)19(7-13(21)22)17-14(18(12)6-11)9(3)16-10(4)20/h5-6,8-9H,7H2,1-4H3,(H,16,20)(H,21,22). The fourth-order valence-electron chi connectivity index (χ4n) is 2.40. The zero-order valence-electron chi connectivity index (χ0n) is 13.5. The first-order valence-corrected chi connectivity index (χ1v) is 7.32. The maximum absolute atomic E-state index is 12.4. The Hall–Kier alpha value is -2.64. The molecule has 0 aliphatic carbocycles. The molecule has 0 aromatic carbocycles. The summed E-state index contributed by atoms with van der Waals surface area (Å²) >= 11 is 0. The van der Waals surface area contributed by atoms with Crippen LogP contribution in [0, 0.1) is 0 Å². The summed E-state index contributed by atoms with van der Waals surface area (Å²) in [5, 5.41) is 15.8. The van der Waals surface area contributed by atoms with Crippen molar-refractivity contribution < 1.29 is 14.7 Å². The lowest BCUT2D eigenvalue weighted by molar-refractivity contribution is -0.138. The van der Waals surface area contributed by atoms with Gasteiger partial charge in [-0.3, -0.25) is 18.8 Å². The highest BCUT2D eigenvalue weighted by atomic mass is 16.4. The van der Waals surface area contributed by atoms with Crippen LogP contribution >= 0.6 is 0 Å². The SMILES string of the molecule is CC(=O)NC(C)c1nn(CC(=O)O)c(=O)c2cc(C(C)C)cn12. The Morgan fingerprint density at radius 1 is 1.35 bits per heavy atom. The zero-order chi connectivity index (χ0) is 17.3. The minimum atomic E-state index is -1.15. The number of nitrogens with one attached hydrogen (secondary N) is 1. The molecule has 0 radical (unpaired) electrons. The smallest absolute Gasteiger partial charge is 0.325 e. The highest BCUT2D eigenvalue weighted by Gasteiger charge is 2.19. The van der Waals surface area contributed by atoms with Gasteiger partial charge in [-0.15, -0.1) is 0 Å². The van der Waals surface area contributed by atoms with E-state index in [-0.39, 0.29) is 11.8 Å². The molecule has 8 nitrogen and oxygen atoms in total. The van der Waals surface area contributed by atoms with Gasteiger partial charge in [-0.1, -0.05) is 13.8 Å². The van der Waals surface area contributed by atoms with Crippen LogP contribution in [0.5, 0.6) is 0 Å². The van der Waals surface area contributed by atoms with E-state index >= 15 is 0 Å². The number of carbonyl (C=O) groups is 2. The molecule has 2 heterocycles. The lowest BCUT2D eigenvalue weighted by atomic mass is 10.1. The molecule has 0 saturated heterocycles. The average Bonchev–Trinajstić information content (AvgIpc) is 2.86. The minimum Gasteiger partial charge on any atom is -0.480 e. The third-order valence-electron chi connectivity index (χ3n) is 3.52. The maximum atomic E-state index is 12.4. The van der Waals surface area contributed by atoms with Crippen molar-refractivity contribution >= 4 is 17.4 Å². The van der Waals surface area contributed by atoms with Crippen molar-refractivity contribution in [3.8, 4) is 0 Å². The summed E-state index contributed by atoms with van der Waals surface area (Å²) < 4.78 is 2.53. The van der Waals surface area contributed by atoms with Crippen LogP contribution in [0.4, 0.5) is 0 Å². The highest BCUT2D eigenvalue weighted by Crippen LogP contribution is 2.19. The largest absolute Gasteiger partial charge is 0.480 e. The van der Waals surface area contributed by atoms with Crippen LogP contribution in [0.3, 0.4) is 0 Å². The Balaban J connectivity index is 2.71. The molecule has 2 aromatic rings. The van der Waals surface area contributed by atoms with E-state index in [0.717, 1.165) is 10.2 Å². The summed E-state index contributed by atoms with van der Waals surface area (Å²) in [7, 11) is 0. The lowest BCUT2D eigenvalue weighted by Crippen LogP contribution is -2.33. The number of rotatable bonds is 5. The van der Waals surface area contributed by atoms with E-state index in [1.165, 1.54) is 6.92 Å². The number of hydrogen-bond acceptors (Lipinski definition) is 4. The van der Waals surface area contributed by atoms with Crippen LogP contribution in [0.1, 0.15) is 51.0 Å². The number of carbonyl (C=O) groups excluding carboxylic acids is 1. The molecular formula is C15H20N4O4. The Labute approximate surface area is 132 Å². The van der Waals surface area contributed by atoms with Crippen LogP contribution < -0.4 is 10.9 Å². The second-order valence-corrected chi connectivity index (χ2v) is 5.82. The van der Waals surface area contributed by atoms with Gasteiger partial charge in [0.15, 0.2) is 5.82 Å². The van der Waals surface area contributed by atoms with Gasteiger partial charge in [0.25, 0.3) is 5.56 Å². The normalized spacial score (nSPS) is 12.6. The van der Waals surface area contributed by atoms with E-state index < -0.39 is 24.1 Å². The van der Waals surface area contributed by atoms with Crippen molar-refractivity contribution in [1.29, 1.82) is 0 Å². The number of nitrogens with zero attached hydrogens (tertiary/aromatic N) is 3. The molecule has 0 saturated carbocycles. The molecule has 8 heteroatoms. The summed E-state index contributed by atoms with van der Waals surface area (Å²) in [6.07, 6.45) is 1.80. The number of aromatic nitrogens is 3. The van der Waals surface area contributed by atoms with Gasteiger partial charge >= 0.3 is 5.97 Å². The monoisotopic (exact) mass is 320 g/mol. The first kappa shape index (κ1) is 16.7. The van der Waals surface area contributed by atoms with Crippen molar-refractivity contribution in [2.75, 3.05) is 0 Å². The molecule has 1 amide bonds. The van der Waals surface area contributed by atoms with Gasteiger partial charge in [-0.05, 0) is 24.5 Å². The predicted molar refractivity (Wildman–Crippen MR) is 83.4 cm³/mol. The number of aliphatic carboxylic acids is 1. The van der Waals surface area contributed by atoms with Crippen LogP contribution in [0.25, 0.3) is 5.52 Å². The van der Waals surface area contributed by atoms with Crippen molar-refractivity contribution in [2.45, 2.75) is 46.2 Å². The molecule has 2 rings (SSSR count). The quantitative estimate of drug-likeness (QED) is 0.851. The number of amides is 1. The molecule has 1 unspecified atom stereocenters. The van der Waals surface area contributed by atoms with Gasteiger partial charge in [-0.25, -0.2) is 4.68 Å². The summed E-state index contributed by atoms with van der Waals surface area (Å²) in [6.45, 7) is 6.57. The maximum Gasteiger partial charge on any atom is 0.325 e. The van der Waals surface area contributed by atoms with Gasteiger partial charge in [-0.2, -0.15) is 5.10 Å². The fraction of sp³-hybridized carbons (Fsp3) is 0.467. The molecule has 0 aliphatic heterocycles. The molecule has 0 bridgehead atoms. The van der Waals surface area contributed by atoms with E-state index in [9.17, 15) is 14.4 Å². The zero-order valence-corrected chi connectivity index (χ0v) is 13.5. The molecule has 23 heavy (non-hydrogen) atoms. The van der Waals surface area contributed by atoms with Crippen molar-refractivity contribution in [3.63, 3.8) is 0 Å². The van der Waals surface area contributed by atoms with Crippen molar-refractivity contribution in [2.24, 2.45) is 0 Å². The number of hydrogen-bond donors (Lipinski definition) is 2. The molecule has 0 spiro atoms. The summed E-state index contributed by atoms with van der Waals surface area (Å²) in [5.41, 5.74) is 0.809. The van der Waals surface area contributed by atoms with Gasteiger partial charge in [0.1, 0.15) is 12.1 Å². The summed E-state index contributed by atoms with van der Waals surface area (Å²) in [6, 6.07) is 1.26. The topological polar surface area (TPSA) is 106 Å². The highest BCUT2D eigenvalue weighted by molar-refractivity contribution is 5.73. The van der Waals surface area contributed by atoms with Gasteiger partial charge in [0.2, 0.25) is 5.91 Å². The van der Waals surface area contributed by atoms with E-state index in [4.69, 9.17) is 5.11 Å². The third-order valence-corrected chi connectivity index (χ3v) is 3.52. The van der Waals surface area contributed by atoms with Crippen LogP contribution in [0.2, 0.25) is 0 Å². The predicted octanol–water partition coefficient (Wildman–Crippen LogP) is 0.901. The average molecular weight is 320 g/mol. The molecule has 1 atom stereocenters. The van der Waals surface area contributed by atoms with Crippen LogP contribution in [-0.2, 0) is 16.1 Å². The van der Waals surface area contributed by atoms with Crippen molar-refractivity contribution in [1.82, 2.24) is 19.5 Å². The Morgan fingerprint density at radius 3 is 2.52 bits per heavy atom. The number of carboxylic acids is 1. The molecule has 0 fully saturated rings. The molecular weight excluding hydrogens is 300 g/mol. The summed E-state index contributed by atoms with van der Waals surface area (Å²) in [4.78, 5) is 34.7. The Bertz CT molecular complexity index is 819. The van der Waals surface area contributed by atoms with E-state index in [1.54, 1.807) is 23.6 Å². The molecule has 124 valence electrons. The first-order chi connectivity index (χ1) is 10.7. The molecule has 0 aliphatic rings. The second-order valence-electron chi connectivity index (χ2n) is 5.82. The molecule has 2 N–H and O–H groups in total.